The van der Waals surface area contributed by atoms with Crippen LogP contribution in [-0.4, -0.2) is 26.6 Å². The standard InChI is InChI=1S/C24H23N5O2S/c1-17-3-6-19(7-4-17)26-24-29(11-2-10-28-12-9-25-16-28)21(15-32-24)18-5-8-22-20(13-18)27-23(30)14-31-22/h3-9,12-13,15-16H,2,10-11,14H2,1H3,(H,27,30). The molecule has 0 aliphatic carbocycles. The van der Waals surface area contributed by atoms with E-state index in [1.54, 1.807) is 17.5 Å². The van der Waals surface area contributed by atoms with Crippen LogP contribution in [-0.2, 0) is 17.9 Å². The molecule has 2 aromatic carbocycles. The number of rotatable bonds is 6. The number of fused-ring (bicyclic) bond motifs is 1. The second kappa shape index (κ2) is 8.84. The van der Waals surface area contributed by atoms with Crippen molar-refractivity contribution in [3.05, 3.63) is 76.9 Å². The zero-order valence-electron chi connectivity index (χ0n) is 17.7. The van der Waals surface area contributed by atoms with Gasteiger partial charge >= 0.3 is 0 Å². The van der Waals surface area contributed by atoms with Crippen molar-refractivity contribution in [2.24, 2.45) is 4.99 Å². The summed E-state index contributed by atoms with van der Waals surface area (Å²) in [6.07, 6.45) is 6.54. The highest BCUT2D eigenvalue weighted by molar-refractivity contribution is 7.07. The fraction of sp³-hybridized carbons (Fsp3) is 0.208. The maximum Gasteiger partial charge on any atom is 0.262 e. The Morgan fingerprint density at radius 3 is 2.88 bits per heavy atom. The highest BCUT2D eigenvalue weighted by Gasteiger charge is 2.17. The topological polar surface area (TPSA) is 73.4 Å². The number of carbonyl (C=O) groups is 1. The lowest BCUT2D eigenvalue weighted by atomic mass is 10.1. The maximum absolute atomic E-state index is 11.8. The molecule has 0 saturated heterocycles. The van der Waals surface area contributed by atoms with E-state index >= 15 is 0 Å². The molecule has 0 atom stereocenters. The van der Waals surface area contributed by atoms with Crippen molar-refractivity contribution in [3.8, 4) is 17.0 Å². The third-order valence-electron chi connectivity index (χ3n) is 5.32. The van der Waals surface area contributed by atoms with Crippen molar-refractivity contribution < 1.29 is 9.53 Å². The van der Waals surface area contributed by atoms with Crippen molar-refractivity contribution in [1.29, 1.82) is 0 Å². The van der Waals surface area contributed by atoms with Gasteiger partial charge in [-0.05, 0) is 43.7 Å². The van der Waals surface area contributed by atoms with Gasteiger partial charge in [0, 0.05) is 36.4 Å². The minimum atomic E-state index is -0.136. The predicted octanol–water partition coefficient (Wildman–Crippen LogP) is 4.38. The number of imidazole rings is 1. The molecule has 2 aromatic heterocycles. The summed E-state index contributed by atoms with van der Waals surface area (Å²) in [5.41, 5.74) is 4.92. The van der Waals surface area contributed by atoms with E-state index in [9.17, 15) is 4.79 Å². The SMILES string of the molecule is Cc1ccc(N=c2scc(-c3ccc4c(c3)NC(=O)CO4)n2CCCn2ccnc2)cc1. The van der Waals surface area contributed by atoms with Crippen LogP contribution >= 0.6 is 11.3 Å². The van der Waals surface area contributed by atoms with E-state index < -0.39 is 0 Å². The predicted molar refractivity (Wildman–Crippen MR) is 125 cm³/mol. The van der Waals surface area contributed by atoms with Crippen LogP contribution in [0.5, 0.6) is 5.75 Å². The molecule has 0 fully saturated rings. The van der Waals surface area contributed by atoms with Crippen LogP contribution in [0.2, 0.25) is 0 Å². The molecule has 32 heavy (non-hydrogen) atoms. The molecule has 162 valence electrons. The Labute approximate surface area is 189 Å². The fourth-order valence-corrected chi connectivity index (χ4v) is 4.62. The van der Waals surface area contributed by atoms with Gasteiger partial charge in [0.05, 0.1) is 23.4 Å². The zero-order valence-corrected chi connectivity index (χ0v) is 18.5. The summed E-state index contributed by atoms with van der Waals surface area (Å²) in [5, 5.41) is 5.02. The summed E-state index contributed by atoms with van der Waals surface area (Å²) in [4.78, 5) is 21.7. The molecule has 3 heterocycles. The first-order chi connectivity index (χ1) is 15.7. The minimum absolute atomic E-state index is 0.0542. The van der Waals surface area contributed by atoms with Crippen molar-refractivity contribution in [2.45, 2.75) is 26.4 Å². The van der Waals surface area contributed by atoms with E-state index in [2.05, 4.69) is 43.9 Å². The summed E-state index contributed by atoms with van der Waals surface area (Å²) >= 11 is 1.61. The summed E-state index contributed by atoms with van der Waals surface area (Å²) in [7, 11) is 0. The number of benzene rings is 2. The Kier molecular flexibility index (Phi) is 5.60. The second-order valence-corrected chi connectivity index (χ2v) is 8.54. The quantitative estimate of drug-likeness (QED) is 0.479. The van der Waals surface area contributed by atoms with Crippen molar-refractivity contribution in [1.82, 2.24) is 14.1 Å². The van der Waals surface area contributed by atoms with E-state index in [-0.39, 0.29) is 12.5 Å². The van der Waals surface area contributed by atoms with Crippen molar-refractivity contribution in [2.75, 3.05) is 11.9 Å². The van der Waals surface area contributed by atoms with Crippen LogP contribution in [0.25, 0.3) is 11.3 Å². The highest BCUT2D eigenvalue weighted by Crippen LogP contribution is 2.33. The minimum Gasteiger partial charge on any atom is -0.482 e. The molecule has 1 N–H and O–H groups in total. The number of nitrogens with one attached hydrogen (secondary N) is 1. The van der Waals surface area contributed by atoms with E-state index in [4.69, 9.17) is 9.73 Å². The Bertz CT molecular complexity index is 1300. The second-order valence-electron chi connectivity index (χ2n) is 7.70. The molecule has 1 aliphatic heterocycles. The summed E-state index contributed by atoms with van der Waals surface area (Å²) in [6, 6.07) is 14.1. The van der Waals surface area contributed by atoms with E-state index in [0.717, 1.165) is 41.3 Å². The van der Waals surface area contributed by atoms with Gasteiger partial charge in [0.25, 0.3) is 5.91 Å². The molecule has 1 amide bonds. The number of aromatic nitrogens is 3. The van der Waals surface area contributed by atoms with Gasteiger partial charge in [-0.3, -0.25) is 4.79 Å². The average Bonchev–Trinajstić information content (AvgIpc) is 3.45. The molecule has 0 unspecified atom stereocenters. The molecule has 7 nitrogen and oxygen atoms in total. The molecular formula is C24H23N5O2S. The lowest BCUT2D eigenvalue weighted by Crippen LogP contribution is -2.25. The van der Waals surface area contributed by atoms with Crippen LogP contribution in [0.3, 0.4) is 0 Å². The largest absolute Gasteiger partial charge is 0.482 e. The zero-order chi connectivity index (χ0) is 21.9. The van der Waals surface area contributed by atoms with Gasteiger partial charge in [-0.15, -0.1) is 11.3 Å². The van der Waals surface area contributed by atoms with Crippen LogP contribution in [0, 0.1) is 6.92 Å². The first kappa shape index (κ1) is 20.3. The molecule has 8 heteroatoms. The molecule has 0 radical (unpaired) electrons. The van der Waals surface area contributed by atoms with Crippen molar-refractivity contribution >= 4 is 28.6 Å². The smallest absolute Gasteiger partial charge is 0.262 e. The lowest BCUT2D eigenvalue weighted by Gasteiger charge is -2.19. The van der Waals surface area contributed by atoms with Gasteiger partial charge in [-0.25, -0.2) is 9.98 Å². The average molecular weight is 446 g/mol. The van der Waals surface area contributed by atoms with E-state index in [1.807, 2.05) is 42.9 Å². The van der Waals surface area contributed by atoms with Gasteiger partial charge in [-0.1, -0.05) is 17.7 Å². The number of nitrogens with zero attached hydrogens (tertiary/aromatic N) is 4. The molecule has 4 aromatic rings. The molecule has 5 rings (SSSR count). The Morgan fingerprint density at radius 2 is 2.06 bits per heavy atom. The van der Waals surface area contributed by atoms with Gasteiger partial charge in [0.2, 0.25) is 0 Å². The number of ether oxygens (including phenoxy) is 1. The van der Waals surface area contributed by atoms with Crippen LogP contribution in [0.15, 0.2) is 71.6 Å². The van der Waals surface area contributed by atoms with Gasteiger partial charge in [0.15, 0.2) is 11.4 Å². The summed E-state index contributed by atoms with van der Waals surface area (Å²) in [6.45, 7) is 3.81. The third-order valence-corrected chi connectivity index (χ3v) is 6.19. The van der Waals surface area contributed by atoms with Crippen LogP contribution < -0.4 is 14.9 Å². The number of aryl methyl sites for hydroxylation is 2. The Balaban J connectivity index is 1.51. The molecular weight excluding hydrogens is 422 g/mol. The van der Waals surface area contributed by atoms with Gasteiger partial charge in [0.1, 0.15) is 5.75 Å². The lowest BCUT2D eigenvalue weighted by molar-refractivity contribution is -0.118. The van der Waals surface area contributed by atoms with E-state index in [1.165, 1.54) is 5.56 Å². The summed E-state index contributed by atoms with van der Waals surface area (Å²) < 4.78 is 9.84. The molecule has 0 spiro atoms. The monoisotopic (exact) mass is 445 g/mol. The molecule has 0 bridgehead atoms. The molecule has 0 saturated carbocycles. The van der Waals surface area contributed by atoms with Crippen LogP contribution in [0.4, 0.5) is 11.4 Å². The molecule has 1 aliphatic rings. The number of thiazole rings is 1. The Morgan fingerprint density at radius 1 is 1.19 bits per heavy atom. The highest BCUT2D eigenvalue weighted by atomic mass is 32.1. The van der Waals surface area contributed by atoms with E-state index in [0.29, 0.717) is 11.4 Å². The Hall–Kier alpha value is -3.65. The van der Waals surface area contributed by atoms with Gasteiger partial charge < -0.3 is 19.2 Å². The number of anilines is 1. The number of carbonyl (C=O) groups excluding carboxylic acids is 1. The van der Waals surface area contributed by atoms with Crippen LogP contribution in [0.1, 0.15) is 12.0 Å². The number of amides is 1. The fourth-order valence-electron chi connectivity index (χ4n) is 3.67. The van der Waals surface area contributed by atoms with Gasteiger partial charge in [-0.2, -0.15) is 0 Å². The maximum atomic E-state index is 11.8. The number of hydrogen-bond acceptors (Lipinski definition) is 5. The summed E-state index contributed by atoms with van der Waals surface area (Å²) in [5.74, 6) is 0.558. The number of hydrogen-bond donors (Lipinski definition) is 1. The van der Waals surface area contributed by atoms with Crippen molar-refractivity contribution in [3.63, 3.8) is 0 Å². The first-order valence-corrected chi connectivity index (χ1v) is 11.4. The first-order valence-electron chi connectivity index (χ1n) is 10.5. The third kappa shape index (κ3) is 4.36. The normalized spacial score (nSPS) is 13.5.